The van der Waals surface area contributed by atoms with Gasteiger partial charge in [0, 0.05) is 18.0 Å². The van der Waals surface area contributed by atoms with Crippen LogP contribution in [0.1, 0.15) is 43.9 Å². The molecule has 0 radical (unpaired) electrons. The van der Waals surface area contributed by atoms with E-state index in [9.17, 15) is 0 Å². The number of halogens is 1. The first-order valence-corrected chi connectivity index (χ1v) is 6.70. The Morgan fingerprint density at radius 1 is 1.47 bits per heavy atom. The van der Waals surface area contributed by atoms with Gasteiger partial charge in [0.2, 0.25) is 0 Å². The number of hydrogen-bond donors (Lipinski definition) is 1. The van der Waals surface area contributed by atoms with Crippen molar-refractivity contribution >= 4 is 11.6 Å². The van der Waals surface area contributed by atoms with Crippen LogP contribution in [0.25, 0.3) is 0 Å². The van der Waals surface area contributed by atoms with Crippen LogP contribution >= 0.6 is 11.6 Å². The number of nitrogens with one attached hydrogen (secondary N) is 1. The molecule has 0 bridgehead atoms. The summed E-state index contributed by atoms with van der Waals surface area (Å²) in [6, 6.07) is 4.36. The Labute approximate surface area is 108 Å². The molecule has 1 aliphatic rings. The fraction of sp³-hybridized carbons (Fsp3) is 0.571. The fourth-order valence-electron chi connectivity index (χ4n) is 2.43. The van der Waals surface area contributed by atoms with Crippen LogP contribution in [0.5, 0.6) is 5.75 Å². The van der Waals surface area contributed by atoms with Gasteiger partial charge >= 0.3 is 0 Å². The second-order valence-corrected chi connectivity index (χ2v) is 5.19. The summed E-state index contributed by atoms with van der Waals surface area (Å²) in [5.74, 6) is 0.874. The molecule has 0 aromatic heterocycles. The molecule has 1 aliphatic heterocycles. The van der Waals surface area contributed by atoms with Crippen molar-refractivity contribution in [2.45, 2.75) is 45.8 Å². The Hall–Kier alpha value is -0.730. The zero-order valence-electron chi connectivity index (χ0n) is 10.7. The normalized spacial score (nSPS) is 23.1. The average molecular weight is 254 g/mol. The van der Waals surface area contributed by atoms with Crippen molar-refractivity contribution in [1.82, 2.24) is 5.32 Å². The zero-order chi connectivity index (χ0) is 12.4. The van der Waals surface area contributed by atoms with Crippen molar-refractivity contribution in [3.8, 4) is 5.75 Å². The molecule has 2 atom stereocenters. The summed E-state index contributed by atoms with van der Waals surface area (Å²) in [5.41, 5.74) is 2.49. The van der Waals surface area contributed by atoms with E-state index < -0.39 is 0 Å². The molecule has 94 valence electrons. The van der Waals surface area contributed by atoms with E-state index in [-0.39, 0.29) is 6.10 Å². The van der Waals surface area contributed by atoms with E-state index in [0.29, 0.717) is 6.04 Å². The van der Waals surface area contributed by atoms with Gasteiger partial charge in [-0.1, -0.05) is 24.6 Å². The number of benzene rings is 1. The van der Waals surface area contributed by atoms with Crippen LogP contribution in [0.2, 0.25) is 5.02 Å². The highest BCUT2D eigenvalue weighted by Crippen LogP contribution is 2.41. The lowest BCUT2D eigenvalue weighted by Gasteiger charge is -2.33. The van der Waals surface area contributed by atoms with Gasteiger partial charge in [0.25, 0.3) is 0 Å². The van der Waals surface area contributed by atoms with Gasteiger partial charge in [0.1, 0.15) is 5.75 Å². The topological polar surface area (TPSA) is 21.3 Å². The summed E-state index contributed by atoms with van der Waals surface area (Å²) < 4.78 is 5.88. The predicted octanol–water partition coefficient (Wildman–Crippen LogP) is 3.86. The molecule has 0 fully saturated rings. The second-order valence-electron chi connectivity index (χ2n) is 4.78. The van der Waals surface area contributed by atoms with E-state index in [1.165, 1.54) is 11.1 Å². The van der Waals surface area contributed by atoms with Crippen LogP contribution in [-0.2, 0) is 0 Å². The molecular formula is C14H20ClNO. The lowest BCUT2D eigenvalue weighted by atomic mass is 9.93. The van der Waals surface area contributed by atoms with Crippen molar-refractivity contribution in [1.29, 1.82) is 0 Å². The number of aryl methyl sites for hydroxylation is 1. The highest BCUT2D eigenvalue weighted by Gasteiger charge is 2.28. The van der Waals surface area contributed by atoms with Crippen LogP contribution in [0.4, 0.5) is 0 Å². The third-order valence-corrected chi connectivity index (χ3v) is 3.54. The monoisotopic (exact) mass is 253 g/mol. The minimum absolute atomic E-state index is 0.219. The molecule has 0 saturated heterocycles. The van der Waals surface area contributed by atoms with E-state index in [1.807, 2.05) is 6.07 Å². The molecule has 0 amide bonds. The first kappa shape index (κ1) is 12.7. The molecule has 0 aliphatic carbocycles. The largest absolute Gasteiger partial charge is 0.489 e. The molecular weight excluding hydrogens is 234 g/mol. The van der Waals surface area contributed by atoms with Crippen LogP contribution in [0, 0.1) is 6.92 Å². The number of rotatable bonds is 3. The number of ether oxygens (including phenoxy) is 1. The highest BCUT2D eigenvalue weighted by atomic mass is 35.5. The molecule has 0 saturated carbocycles. The zero-order valence-corrected chi connectivity index (χ0v) is 11.5. The molecule has 17 heavy (non-hydrogen) atoms. The summed E-state index contributed by atoms with van der Waals surface area (Å²) in [7, 11) is 0. The van der Waals surface area contributed by atoms with Gasteiger partial charge in [-0.05, 0) is 38.4 Å². The summed E-state index contributed by atoms with van der Waals surface area (Å²) in [6.45, 7) is 7.43. The highest BCUT2D eigenvalue weighted by molar-refractivity contribution is 6.32. The van der Waals surface area contributed by atoms with Gasteiger partial charge in [-0.2, -0.15) is 0 Å². The molecule has 2 rings (SSSR count). The average Bonchev–Trinajstić information content (AvgIpc) is 2.30. The minimum Gasteiger partial charge on any atom is -0.489 e. The first-order valence-electron chi connectivity index (χ1n) is 6.32. The molecule has 0 spiro atoms. The Bertz CT molecular complexity index is 405. The van der Waals surface area contributed by atoms with Crippen molar-refractivity contribution in [2.75, 3.05) is 6.54 Å². The Balaban J connectivity index is 2.37. The first-order chi connectivity index (χ1) is 8.13. The molecule has 1 aromatic rings. The minimum atomic E-state index is 0.219. The van der Waals surface area contributed by atoms with Crippen LogP contribution < -0.4 is 10.1 Å². The Morgan fingerprint density at radius 3 is 2.94 bits per heavy atom. The molecule has 1 heterocycles. The maximum Gasteiger partial charge on any atom is 0.143 e. The fourth-order valence-corrected chi connectivity index (χ4v) is 2.64. The quantitative estimate of drug-likeness (QED) is 0.883. The third kappa shape index (κ3) is 2.58. The number of hydrogen-bond acceptors (Lipinski definition) is 2. The smallest absolute Gasteiger partial charge is 0.143 e. The maximum atomic E-state index is 6.23. The van der Waals surface area contributed by atoms with E-state index in [0.717, 1.165) is 30.2 Å². The van der Waals surface area contributed by atoms with Gasteiger partial charge in [-0.15, -0.1) is 0 Å². The van der Waals surface area contributed by atoms with Crippen LogP contribution in [0.3, 0.4) is 0 Å². The Morgan fingerprint density at radius 2 is 2.24 bits per heavy atom. The van der Waals surface area contributed by atoms with Gasteiger partial charge < -0.3 is 10.1 Å². The number of fused-ring (bicyclic) bond motifs is 1. The molecule has 1 aromatic carbocycles. The summed E-state index contributed by atoms with van der Waals surface area (Å²) in [6.07, 6.45) is 2.37. The summed E-state index contributed by atoms with van der Waals surface area (Å²) in [5, 5.41) is 4.31. The third-order valence-electron chi connectivity index (χ3n) is 3.24. The lowest BCUT2D eigenvalue weighted by Crippen LogP contribution is -2.32. The van der Waals surface area contributed by atoms with E-state index in [4.69, 9.17) is 16.3 Å². The van der Waals surface area contributed by atoms with Crippen molar-refractivity contribution in [3.05, 3.63) is 28.3 Å². The second kappa shape index (κ2) is 5.28. The van der Waals surface area contributed by atoms with E-state index in [1.54, 1.807) is 0 Å². The van der Waals surface area contributed by atoms with Crippen molar-refractivity contribution in [2.24, 2.45) is 0 Å². The lowest BCUT2D eigenvalue weighted by molar-refractivity contribution is 0.166. The molecule has 1 N–H and O–H groups in total. The summed E-state index contributed by atoms with van der Waals surface area (Å²) >= 11 is 6.23. The van der Waals surface area contributed by atoms with Crippen molar-refractivity contribution in [3.63, 3.8) is 0 Å². The van der Waals surface area contributed by atoms with Gasteiger partial charge in [0.05, 0.1) is 11.1 Å². The summed E-state index contributed by atoms with van der Waals surface area (Å²) in [4.78, 5) is 0. The molecule has 2 unspecified atom stereocenters. The SMILES string of the molecule is CCCNC1CC(C)Oc2c(Cl)ccc(C)c21. The van der Waals surface area contributed by atoms with Gasteiger partial charge in [-0.3, -0.25) is 0 Å². The standard InChI is InChI=1S/C14H20ClNO/c1-4-7-16-12-8-10(3)17-14-11(15)6-5-9(2)13(12)14/h5-6,10,12,16H,4,7-8H2,1-3H3. The van der Waals surface area contributed by atoms with Crippen LogP contribution in [-0.4, -0.2) is 12.6 Å². The predicted molar refractivity (Wildman–Crippen MR) is 71.9 cm³/mol. The van der Waals surface area contributed by atoms with Crippen molar-refractivity contribution < 1.29 is 4.74 Å². The van der Waals surface area contributed by atoms with Crippen LogP contribution in [0.15, 0.2) is 12.1 Å². The molecule has 3 heteroatoms. The van der Waals surface area contributed by atoms with E-state index in [2.05, 4.69) is 32.2 Å². The van der Waals surface area contributed by atoms with E-state index >= 15 is 0 Å². The maximum absolute atomic E-state index is 6.23. The van der Waals surface area contributed by atoms with Gasteiger partial charge in [-0.25, -0.2) is 0 Å². The van der Waals surface area contributed by atoms with Gasteiger partial charge in [0.15, 0.2) is 0 Å². The Kier molecular flexibility index (Phi) is 3.95. The molecule has 2 nitrogen and oxygen atoms in total.